The Balaban J connectivity index is 2.93. The maximum Gasteiger partial charge on any atom is 0.0708 e. The Morgan fingerprint density at radius 1 is 1.22 bits per heavy atom. The molecule has 0 amide bonds. The van der Waals surface area contributed by atoms with Crippen LogP contribution in [0, 0.1) is 6.92 Å². The average Bonchev–Trinajstić information content (AvgIpc) is 2.25. The van der Waals surface area contributed by atoms with Gasteiger partial charge in [0.05, 0.1) is 5.52 Å². The number of aromatic nitrogens is 1. The first-order chi connectivity index (χ1) is 8.30. The molecule has 0 radical (unpaired) electrons. The van der Waals surface area contributed by atoms with E-state index in [2.05, 4.69) is 63.6 Å². The SMILES string of the molecule is C=P(C)(C)c1c(C(C)C)ccc2ncc(C)cc12. The van der Waals surface area contributed by atoms with Gasteiger partial charge >= 0.3 is 0 Å². The normalized spacial score (nSPS) is 12.3. The summed E-state index contributed by atoms with van der Waals surface area (Å²) in [5, 5.41) is 2.75. The van der Waals surface area contributed by atoms with Gasteiger partial charge in [-0.25, -0.2) is 0 Å². The standard InChI is InChI=1S/C16H22NP/c1-11(2)13-7-8-15-14(9-12(3)10-17-15)16(13)18(4,5)6/h7-11H,4H2,1-3,5-6H3. The quantitative estimate of drug-likeness (QED) is 0.743. The molecule has 18 heavy (non-hydrogen) atoms. The summed E-state index contributed by atoms with van der Waals surface area (Å²) in [5.41, 5.74) is 3.75. The lowest BCUT2D eigenvalue weighted by atomic mass is 10.0. The summed E-state index contributed by atoms with van der Waals surface area (Å²) >= 11 is 0. The Morgan fingerprint density at radius 3 is 2.44 bits per heavy atom. The van der Waals surface area contributed by atoms with Gasteiger partial charge in [-0.15, -0.1) is 0 Å². The van der Waals surface area contributed by atoms with Gasteiger partial charge in [0, 0.05) is 11.6 Å². The van der Waals surface area contributed by atoms with Crippen LogP contribution in [0.2, 0.25) is 0 Å². The number of fused-ring (bicyclic) bond motifs is 1. The van der Waals surface area contributed by atoms with Crippen LogP contribution in [0.15, 0.2) is 24.4 Å². The van der Waals surface area contributed by atoms with Crippen molar-refractivity contribution in [1.82, 2.24) is 4.98 Å². The molecule has 0 aliphatic carbocycles. The summed E-state index contributed by atoms with van der Waals surface area (Å²) in [5.74, 6) is 0.533. The maximum atomic E-state index is 4.55. The van der Waals surface area contributed by atoms with Crippen LogP contribution >= 0.6 is 6.89 Å². The van der Waals surface area contributed by atoms with E-state index in [4.69, 9.17) is 0 Å². The van der Waals surface area contributed by atoms with Crippen LogP contribution in [0.5, 0.6) is 0 Å². The minimum atomic E-state index is -1.31. The van der Waals surface area contributed by atoms with E-state index in [0.717, 1.165) is 5.52 Å². The summed E-state index contributed by atoms with van der Waals surface area (Å²) in [6.45, 7) is 9.87. The zero-order chi connectivity index (χ0) is 13.5. The number of rotatable bonds is 2. The van der Waals surface area contributed by atoms with E-state index in [1.54, 1.807) is 0 Å². The molecule has 0 saturated carbocycles. The molecule has 2 aromatic rings. The van der Waals surface area contributed by atoms with E-state index < -0.39 is 6.89 Å². The van der Waals surface area contributed by atoms with Crippen LogP contribution in [0.25, 0.3) is 10.9 Å². The van der Waals surface area contributed by atoms with Crippen molar-refractivity contribution in [3.8, 4) is 0 Å². The van der Waals surface area contributed by atoms with Crippen LogP contribution in [0.3, 0.4) is 0 Å². The highest BCUT2D eigenvalue weighted by molar-refractivity contribution is 7.79. The van der Waals surface area contributed by atoms with Gasteiger partial charge in [-0.2, -0.15) is 0 Å². The average molecular weight is 259 g/mol. The second kappa shape index (κ2) is 4.55. The van der Waals surface area contributed by atoms with Gasteiger partial charge < -0.3 is 0 Å². The molecule has 1 heterocycles. The molecule has 0 aliphatic heterocycles. The predicted octanol–water partition coefficient (Wildman–Crippen LogP) is 4.00. The lowest BCUT2D eigenvalue weighted by Gasteiger charge is -2.23. The monoisotopic (exact) mass is 259 g/mol. The number of hydrogen-bond acceptors (Lipinski definition) is 1. The van der Waals surface area contributed by atoms with Crippen molar-refractivity contribution in [2.24, 2.45) is 0 Å². The molecular weight excluding hydrogens is 237 g/mol. The minimum Gasteiger partial charge on any atom is -0.256 e. The summed E-state index contributed by atoms with van der Waals surface area (Å²) in [7, 11) is 0. The number of hydrogen-bond donors (Lipinski definition) is 0. The van der Waals surface area contributed by atoms with Gasteiger partial charge in [0.1, 0.15) is 0 Å². The molecular formula is C16H22NP. The third-order valence-electron chi connectivity index (χ3n) is 3.23. The molecule has 96 valence electrons. The number of nitrogens with zero attached hydrogens (tertiary/aromatic N) is 1. The fourth-order valence-electron chi connectivity index (χ4n) is 2.45. The molecule has 1 nitrogen and oxygen atoms in total. The molecule has 1 aromatic heterocycles. The van der Waals surface area contributed by atoms with Crippen molar-refractivity contribution in [3.63, 3.8) is 0 Å². The van der Waals surface area contributed by atoms with Gasteiger partial charge in [-0.05, 0) is 54.7 Å². The lowest BCUT2D eigenvalue weighted by Crippen LogP contribution is -2.14. The third kappa shape index (κ3) is 2.37. The summed E-state index contributed by atoms with van der Waals surface area (Å²) in [6, 6.07) is 6.64. The zero-order valence-electron chi connectivity index (χ0n) is 12.0. The first kappa shape index (κ1) is 13.4. The van der Waals surface area contributed by atoms with Crippen molar-refractivity contribution in [2.45, 2.75) is 26.7 Å². The van der Waals surface area contributed by atoms with Gasteiger partial charge in [0.2, 0.25) is 0 Å². The Bertz CT molecular complexity index is 635. The van der Waals surface area contributed by atoms with E-state index in [0.29, 0.717) is 5.92 Å². The molecule has 2 rings (SSSR count). The predicted molar refractivity (Wildman–Crippen MR) is 86.1 cm³/mol. The van der Waals surface area contributed by atoms with Crippen molar-refractivity contribution in [1.29, 1.82) is 0 Å². The number of aryl methyl sites for hydroxylation is 1. The first-order valence-corrected chi connectivity index (χ1v) is 9.25. The smallest absolute Gasteiger partial charge is 0.0708 e. The van der Waals surface area contributed by atoms with Crippen LogP contribution in [-0.4, -0.2) is 24.6 Å². The number of benzene rings is 1. The molecule has 0 saturated heterocycles. The Morgan fingerprint density at radius 2 is 1.89 bits per heavy atom. The second-order valence-corrected chi connectivity index (χ2v) is 9.74. The fourth-order valence-corrected chi connectivity index (χ4v) is 4.31. The van der Waals surface area contributed by atoms with Crippen molar-refractivity contribution < 1.29 is 0 Å². The number of pyridine rings is 1. The van der Waals surface area contributed by atoms with E-state index in [1.807, 2.05) is 6.20 Å². The van der Waals surface area contributed by atoms with Gasteiger partial charge in [-0.3, -0.25) is 4.98 Å². The van der Waals surface area contributed by atoms with Gasteiger partial charge in [-0.1, -0.05) is 33.1 Å². The zero-order valence-corrected chi connectivity index (χ0v) is 12.9. The van der Waals surface area contributed by atoms with E-state index >= 15 is 0 Å². The molecule has 0 atom stereocenters. The van der Waals surface area contributed by atoms with Gasteiger partial charge in [0.25, 0.3) is 0 Å². The Labute approximate surface area is 110 Å². The molecule has 0 spiro atoms. The summed E-state index contributed by atoms with van der Waals surface area (Å²) in [4.78, 5) is 4.55. The highest BCUT2D eigenvalue weighted by atomic mass is 31.2. The Kier molecular flexibility index (Phi) is 3.38. The Hall–Kier alpha value is -1.07. The van der Waals surface area contributed by atoms with Crippen molar-refractivity contribution in [2.75, 3.05) is 13.3 Å². The van der Waals surface area contributed by atoms with E-state index in [-0.39, 0.29) is 0 Å². The van der Waals surface area contributed by atoms with E-state index in [1.165, 1.54) is 21.8 Å². The molecule has 0 bridgehead atoms. The molecule has 0 unspecified atom stereocenters. The van der Waals surface area contributed by atoms with Crippen LogP contribution in [-0.2, 0) is 0 Å². The molecule has 0 fully saturated rings. The third-order valence-corrected chi connectivity index (χ3v) is 4.94. The van der Waals surface area contributed by atoms with Crippen LogP contribution in [0.1, 0.15) is 30.9 Å². The van der Waals surface area contributed by atoms with Crippen LogP contribution in [0.4, 0.5) is 0 Å². The minimum absolute atomic E-state index is 0.533. The molecule has 0 N–H and O–H groups in total. The molecule has 0 aliphatic rings. The van der Waals surface area contributed by atoms with Crippen molar-refractivity contribution >= 4 is 29.4 Å². The highest BCUT2D eigenvalue weighted by Gasteiger charge is 2.16. The van der Waals surface area contributed by atoms with E-state index in [9.17, 15) is 0 Å². The second-order valence-electron chi connectivity index (χ2n) is 5.92. The first-order valence-electron chi connectivity index (χ1n) is 6.39. The molecule has 1 aromatic carbocycles. The van der Waals surface area contributed by atoms with Crippen molar-refractivity contribution in [3.05, 3.63) is 35.5 Å². The summed E-state index contributed by atoms with van der Waals surface area (Å²) < 4.78 is 0. The highest BCUT2D eigenvalue weighted by Crippen LogP contribution is 2.40. The largest absolute Gasteiger partial charge is 0.256 e. The summed E-state index contributed by atoms with van der Waals surface area (Å²) in [6.07, 6.45) is 6.39. The molecule has 2 heteroatoms. The topological polar surface area (TPSA) is 12.9 Å². The fraction of sp³-hybridized carbons (Fsp3) is 0.375. The van der Waals surface area contributed by atoms with Crippen LogP contribution < -0.4 is 5.30 Å². The maximum absolute atomic E-state index is 4.55. The lowest BCUT2D eigenvalue weighted by molar-refractivity contribution is 0.875. The van der Waals surface area contributed by atoms with Gasteiger partial charge in [0.15, 0.2) is 0 Å².